The second-order valence-corrected chi connectivity index (χ2v) is 5.77. The van der Waals surface area contributed by atoms with Gasteiger partial charge in [-0.25, -0.2) is 0 Å². The number of aromatic nitrogens is 1. The van der Waals surface area contributed by atoms with Gasteiger partial charge in [-0.05, 0) is 20.9 Å². The largest absolute Gasteiger partial charge is 0.492 e. The van der Waals surface area contributed by atoms with E-state index in [-0.39, 0.29) is 11.8 Å². The predicted molar refractivity (Wildman–Crippen MR) is 72.4 cm³/mol. The van der Waals surface area contributed by atoms with E-state index in [0.29, 0.717) is 0 Å². The molecule has 108 valence electrons. The fourth-order valence-corrected chi connectivity index (χ4v) is 2.32. The third kappa shape index (κ3) is 3.54. The minimum absolute atomic E-state index is 0.0936. The topological polar surface area (TPSA) is 61.1 Å². The van der Waals surface area contributed by atoms with Gasteiger partial charge in [0.2, 0.25) is 11.8 Å². The number of rotatable bonds is 4. The molecule has 0 spiro atoms. The number of hydrogen-bond donors (Lipinski definition) is 2. The van der Waals surface area contributed by atoms with Crippen molar-refractivity contribution < 1.29 is 15.1 Å². The second kappa shape index (κ2) is 5.30. The highest BCUT2D eigenvalue weighted by Crippen LogP contribution is 2.22. The van der Waals surface area contributed by atoms with Crippen molar-refractivity contribution in [2.24, 2.45) is 0 Å². The van der Waals surface area contributed by atoms with Crippen molar-refractivity contribution in [3.8, 4) is 11.8 Å². The van der Waals surface area contributed by atoms with Gasteiger partial charge in [-0.15, -0.1) is 4.73 Å². The van der Waals surface area contributed by atoms with Gasteiger partial charge in [-0.3, -0.25) is 4.90 Å². The van der Waals surface area contributed by atoms with Gasteiger partial charge in [0.25, 0.3) is 0 Å². The van der Waals surface area contributed by atoms with Gasteiger partial charge in [0.05, 0.1) is 0 Å². The Bertz CT molecular complexity index is 403. The molecule has 1 fully saturated rings. The van der Waals surface area contributed by atoms with E-state index in [9.17, 15) is 10.2 Å². The van der Waals surface area contributed by atoms with Crippen molar-refractivity contribution in [3.63, 3.8) is 0 Å². The molecule has 1 aromatic rings. The quantitative estimate of drug-likeness (QED) is 0.826. The number of piperazine rings is 1. The molecule has 1 aromatic heterocycles. The van der Waals surface area contributed by atoms with E-state index < -0.39 is 5.60 Å². The van der Waals surface area contributed by atoms with Gasteiger partial charge in [0.15, 0.2) is 0 Å². The molecule has 0 bridgehead atoms. The third-order valence-corrected chi connectivity index (χ3v) is 3.34. The maximum absolute atomic E-state index is 9.59. The smallest absolute Gasteiger partial charge is 0.229 e. The zero-order chi connectivity index (χ0) is 14.0. The van der Waals surface area contributed by atoms with Crippen LogP contribution < -0.4 is 4.84 Å². The second-order valence-electron chi connectivity index (χ2n) is 5.77. The van der Waals surface area contributed by atoms with Crippen LogP contribution in [-0.4, -0.2) is 70.1 Å². The molecule has 1 saturated heterocycles. The molecular weight excluding hydrogens is 246 g/mol. The molecule has 1 aliphatic rings. The van der Waals surface area contributed by atoms with Crippen molar-refractivity contribution in [2.75, 3.05) is 39.8 Å². The van der Waals surface area contributed by atoms with E-state index in [1.54, 1.807) is 0 Å². The highest BCUT2D eigenvalue weighted by Gasteiger charge is 2.27. The number of likely N-dealkylation sites (N-methyl/N-ethyl adjacent to an activating group) is 1. The fourth-order valence-electron chi connectivity index (χ4n) is 2.32. The Morgan fingerprint density at radius 3 is 2.16 bits per heavy atom. The lowest BCUT2D eigenvalue weighted by Gasteiger charge is -2.37. The maximum atomic E-state index is 9.59. The van der Waals surface area contributed by atoms with E-state index >= 15 is 0 Å². The average molecular weight is 269 g/mol. The SMILES string of the molecule is CN1CCN(CC(C)(C)On2c(O)ccc2O)CC1. The summed E-state index contributed by atoms with van der Waals surface area (Å²) in [5, 5.41) is 19.2. The molecular formula is C13H23N3O3. The van der Waals surface area contributed by atoms with Crippen LogP contribution in [0.3, 0.4) is 0 Å². The van der Waals surface area contributed by atoms with Gasteiger partial charge in [-0.1, -0.05) is 0 Å². The van der Waals surface area contributed by atoms with Crippen LogP contribution in [0.2, 0.25) is 0 Å². The number of aromatic hydroxyl groups is 2. The summed E-state index contributed by atoms with van der Waals surface area (Å²) in [6, 6.07) is 2.81. The number of nitrogens with zero attached hydrogens (tertiary/aromatic N) is 3. The molecule has 6 heteroatoms. The first-order valence-electron chi connectivity index (χ1n) is 6.57. The normalized spacial score (nSPS) is 18.7. The Kier molecular flexibility index (Phi) is 3.91. The standard InChI is InChI=1S/C13H23N3O3/c1-13(2,10-15-8-6-14(3)7-9-15)19-16-11(17)4-5-12(16)18/h4-5,17-18H,6-10H2,1-3H3. The Labute approximate surface area is 113 Å². The molecule has 0 atom stereocenters. The van der Waals surface area contributed by atoms with Crippen LogP contribution >= 0.6 is 0 Å². The van der Waals surface area contributed by atoms with E-state index in [2.05, 4.69) is 16.8 Å². The van der Waals surface area contributed by atoms with Gasteiger partial charge in [0.1, 0.15) is 5.60 Å². The summed E-state index contributed by atoms with van der Waals surface area (Å²) in [5.74, 6) is -0.187. The maximum Gasteiger partial charge on any atom is 0.229 e. The summed E-state index contributed by atoms with van der Waals surface area (Å²) < 4.78 is 1.07. The Morgan fingerprint density at radius 1 is 1.11 bits per heavy atom. The van der Waals surface area contributed by atoms with Gasteiger partial charge in [0, 0.05) is 44.9 Å². The highest BCUT2D eigenvalue weighted by atomic mass is 16.7. The van der Waals surface area contributed by atoms with Crippen molar-refractivity contribution in [2.45, 2.75) is 19.4 Å². The van der Waals surface area contributed by atoms with E-state index in [4.69, 9.17) is 4.84 Å². The minimum Gasteiger partial charge on any atom is -0.492 e. The zero-order valence-corrected chi connectivity index (χ0v) is 11.8. The highest BCUT2D eigenvalue weighted by molar-refractivity contribution is 5.22. The first kappa shape index (κ1) is 14.0. The summed E-state index contributed by atoms with van der Waals surface area (Å²) >= 11 is 0. The van der Waals surface area contributed by atoms with Gasteiger partial charge < -0.3 is 20.0 Å². The molecule has 0 aromatic carbocycles. The summed E-state index contributed by atoms with van der Waals surface area (Å²) in [6.45, 7) is 8.76. The summed E-state index contributed by atoms with van der Waals surface area (Å²) in [4.78, 5) is 10.3. The van der Waals surface area contributed by atoms with Gasteiger partial charge >= 0.3 is 0 Å². The molecule has 0 unspecified atom stereocenters. The molecule has 2 heterocycles. The zero-order valence-electron chi connectivity index (χ0n) is 11.8. The van der Waals surface area contributed by atoms with Crippen LogP contribution in [0.1, 0.15) is 13.8 Å². The summed E-state index contributed by atoms with van der Waals surface area (Å²) in [6.07, 6.45) is 0. The van der Waals surface area contributed by atoms with Crippen LogP contribution in [0.25, 0.3) is 0 Å². The first-order chi connectivity index (χ1) is 8.87. The fraction of sp³-hybridized carbons (Fsp3) is 0.692. The molecule has 19 heavy (non-hydrogen) atoms. The lowest BCUT2D eigenvalue weighted by Crippen LogP contribution is -2.52. The van der Waals surface area contributed by atoms with Crippen LogP contribution in [0.15, 0.2) is 12.1 Å². The average Bonchev–Trinajstić information content (AvgIpc) is 2.63. The Morgan fingerprint density at radius 2 is 1.63 bits per heavy atom. The van der Waals surface area contributed by atoms with Crippen molar-refractivity contribution in [1.29, 1.82) is 0 Å². The van der Waals surface area contributed by atoms with E-state index in [0.717, 1.165) is 37.5 Å². The van der Waals surface area contributed by atoms with Crippen LogP contribution in [-0.2, 0) is 0 Å². The van der Waals surface area contributed by atoms with Crippen molar-refractivity contribution in [1.82, 2.24) is 14.5 Å². The minimum atomic E-state index is -0.496. The summed E-state index contributed by atoms with van der Waals surface area (Å²) in [5.41, 5.74) is -0.496. The monoisotopic (exact) mass is 269 g/mol. The molecule has 2 rings (SSSR count). The van der Waals surface area contributed by atoms with E-state index in [1.807, 2.05) is 13.8 Å². The van der Waals surface area contributed by atoms with Crippen molar-refractivity contribution in [3.05, 3.63) is 12.1 Å². The molecule has 2 N–H and O–H groups in total. The predicted octanol–water partition coefficient (Wildman–Crippen LogP) is 0.354. The molecule has 0 amide bonds. The molecule has 1 aliphatic heterocycles. The van der Waals surface area contributed by atoms with Crippen molar-refractivity contribution >= 4 is 0 Å². The molecule has 6 nitrogen and oxygen atoms in total. The van der Waals surface area contributed by atoms with Gasteiger partial charge in [-0.2, -0.15) is 0 Å². The summed E-state index contributed by atoms with van der Waals surface area (Å²) in [7, 11) is 2.12. The molecule has 0 aliphatic carbocycles. The Balaban J connectivity index is 1.95. The van der Waals surface area contributed by atoms with Crippen LogP contribution in [0.5, 0.6) is 11.8 Å². The lowest BCUT2D eigenvalue weighted by atomic mass is 10.1. The van der Waals surface area contributed by atoms with Crippen LogP contribution in [0.4, 0.5) is 0 Å². The lowest BCUT2D eigenvalue weighted by molar-refractivity contribution is -0.0661. The van der Waals surface area contributed by atoms with Crippen LogP contribution in [0, 0.1) is 0 Å². The Hall–Kier alpha value is -1.40. The first-order valence-corrected chi connectivity index (χ1v) is 6.57. The molecule has 0 radical (unpaired) electrons. The number of hydrogen-bond acceptors (Lipinski definition) is 5. The van der Waals surface area contributed by atoms with E-state index in [1.165, 1.54) is 12.1 Å². The molecule has 0 saturated carbocycles. The third-order valence-electron chi connectivity index (χ3n) is 3.34.